The van der Waals surface area contributed by atoms with Crippen molar-refractivity contribution in [2.24, 2.45) is 0 Å². The monoisotopic (exact) mass is 217 g/mol. The van der Waals surface area contributed by atoms with Crippen molar-refractivity contribution in [3.63, 3.8) is 0 Å². The van der Waals surface area contributed by atoms with E-state index >= 15 is 0 Å². The molecule has 0 saturated heterocycles. The van der Waals surface area contributed by atoms with Crippen molar-refractivity contribution in [3.8, 4) is 0 Å². The second kappa shape index (κ2) is 6.43. The van der Waals surface area contributed by atoms with E-state index in [2.05, 4.69) is 5.32 Å². The zero-order chi connectivity index (χ0) is 11.1. The highest BCUT2D eigenvalue weighted by Crippen LogP contribution is 2.28. The molecule has 1 saturated carbocycles. The first-order valence-electron chi connectivity index (χ1n) is 5.65. The Morgan fingerprint density at radius 1 is 1.33 bits per heavy atom. The van der Waals surface area contributed by atoms with Crippen LogP contribution < -0.4 is 5.32 Å². The molecule has 0 aromatic carbocycles. The van der Waals surface area contributed by atoms with Crippen LogP contribution in [-0.4, -0.2) is 50.7 Å². The van der Waals surface area contributed by atoms with Crippen LogP contribution in [0, 0.1) is 0 Å². The highest BCUT2D eigenvalue weighted by Gasteiger charge is 2.30. The maximum absolute atomic E-state index is 10.1. The van der Waals surface area contributed by atoms with Gasteiger partial charge in [-0.05, 0) is 12.8 Å². The average Bonchev–Trinajstić information content (AvgIpc) is 2.64. The lowest BCUT2D eigenvalue weighted by Gasteiger charge is -2.24. The molecule has 1 aliphatic carbocycles. The smallest absolute Gasteiger partial charge is 0.0928 e. The fourth-order valence-corrected chi connectivity index (χ4v) is 2.07. The molecule has 1 atom stereocenters. The summed E-state index contributed by atoms with van der Waals surface area (Å²) in [5.41, 5.74) is -0.481. The van der Waals surface area contributed by atoms with Gasteiger partial charge in [0.1, 0.15) is 0 Å². The van der Waals surface area contributed by atoms with Gasteiger partial charge in [0.05, 0.1) is 18.3 Å². The quantitative estimate of drug-likeness (QED) is 0.653. The molecule has 1 fully saturated rings. The van der Waals surface area contributed by atoms with E-state index in [-0.39, 0.29) is 6.10 Å². The van der Waals surface area contributed by atoms with Crippen LogP contribution in [0.3, 0.4) is 0 Å². The lowest BCUT2D eigenvalue weighted by molar-refractivity contribution is 0.0163. The zero-order valence-electron chi connectivity index (χ0n) is 9.79. The molecule has 1 aliphatic rings. The van der Waals surface area contributed by atoms with Crippen molar-refractivity contribution in [1.82, 2.24) is 5.32 Å². The van der Waals surface area contributed by atoms with Crippen LogP contribution in [0.1, 0.15) is 25.7 Å². The van der Waals surface area contributed by atoms with Gasteiger partial charge in [-0.15, -0.1) is 0 Å². The van der Waals surface area contributed by atoms with Crippen LogP contribution in [0.5, 0.6) is 0 Å². The van der Waals surface area contributed by atoms with Crippen LogP contribution in [0.2, 0.25) is 0 Å². The number of hydrogen-bond acceptors (Lipinski definition) is 4. The van der Waals surface area contributed by atoms with Crippen molar-refractivity contribution >= 4 is 0 Å². The fraction of sp³-hybridized carbons (Fsp3) is 1.00. The van der Waals surface area contributed by atoms with Gasteiger partial charge in [-0.1, -0.05) is 12.8 Å². The summed E-state index contributed by atoms with van der Waals surface area (Å²) in [4.78, 5) is 0. The molecule has 0 aromatic heterocycles. The van der Waals surface area contributed by atoms with Gasteiger partial charge < -0.3 is 19.9 Å². The molecule has 0 radical (unpaired) electrons. The van der Waals surface area contributed by atoms with Crippen molar-refractivity contribution in [2.45, 2.75) is 37.4 Å². The number of nitrogens with one attached hydrogen (secondary N) is 1. The minimum atomic E-state index is -0.481. The Kier molecular flexibility index (Phi) is 5.53. The van der Waals surface area contributed by atoms with E-state index in [1.807, 2.05) is 0 Å². The molecule has 90 valence electrons. The number of aliphatic hydroxyl groups is 1. The van der Waals surface area contributed by atoms with Crippen LogP contribution >= 0.6 is 0 Å². The molecule has 0 bridgehead atoms. The van der Waals surface area contributed by atoms with Gasteiger partial charge in [0.15, 0.2) is 0 Å². The van der Waals surface area contributed by atoms with Gasteiger partial charge in [0.2, 0.25) is 0 Å². The molecule has 15 heavy (non-hydrogen) atoms. The van der Waals surface area contributed by atoms with Crippen LogP contribution in [0.4, 0.5) is 0 Å². The maximum Gasteiger partial charge on any atom is 0.0928 e. The van der Waals surface area contributed by atoms with Crippen molar-refractivity contribution in [2.75, 3.05) is 33.9 Å². The Labute approximate surface area is 92.0 Å². The summed E-state index contributed by atoms with van der Waals surface area (Å²) in [5, 5.41) is 13.3. The van der Waals surface area contributed by atoms with E-state index < -0.39 is 5.60 Å². The van der Waals surface area contributed by atoms with Gasteiger partial charge in [-0.3, -0.25) is 0 Å². The minimum Gasteiger partial charge on any atom is -0.389 e. The Morgan fingerprint density at radius 2 is 2.00 bits per heavy atom. The third-order valence-corrected chi connectivity index (χ3v) is 3.05. The molecule has 0 aliphatic heterocycles. The summed E-state index contributed by atoms with van der Waals surface area (Å²) in [5.74, 6) is 0. The second-order valence-corrected chi connectivity index (χ2v) is 4.38. The highest BCUT2D eigenvalue weighted by molar-refractivity contribution is 4.86. The fourth-order valence-electron chi connectivity index (χ4n) is 2.07. The maximum atomic E-state index is 10.1. The van der Waals surface area contributed by atoms with E-state index in [0.29, 0.717) is 13.2 Å². The predicted molar refractivity (Wildman–Crippen MR) is 59.0 cm³/mol. The molecular weight excluding hydrogens is 194 g/mol. The standard InChI is InChI=1S/C11H23NO3/c1-14-8-10(15-2)7-12-9-11(13)5-3-4-6-11/h10,12-13H,3-9H2,1-2H3. The van der Waals surface area contributed by atoms with Gasteiger partial charge >= 0.3 is 0 Å². The zero-order valence-corrected chi connectivity index (χ0v) is 9.79. The summed E-state index contributed by atoms with van der Waals surface area (Å²) >= 11 is 0. The number of rotatable bonds is 7. The average molecular weight is 217 g/mol. The lowest BCUT2D eigenvalue weighted by atomic mass is 10.0. The first-order chi connectivity index (χ1) is 7.20. The molecule has 0 aromatic rings. The third kappa shape index (κ3) is 4.47. The number of ether oxygens (including phenoxy) is 2. The third-order valence-electron chi connectivity index (χ3n) is 3.05. The van der Waals surface area contributed by atoms with Crippen molar-refractivity contribution < 1.29 is 14.6 Å². The van der Waals surface area contributed by atoms with E-state index in [9.17, 15) is 5.11 Å². The van der Waals surface area contributed by atoms with Crippen LogP contribution in [0.15, 0.2) is 0 Å². The largest absolute Gasteiger partial charge is 0.389 e. The Hall–Kier alpha value is -0.160. The van der Waals surface area contributed by atoms with Gasteiger partial charge in [-0.25, -0.2) is 0 Å². The Morgan fingerprint density at radius 3 is 2.53 bits per heavy atom. The molecular formula is C11H23NO3. The SMILES string of the molecule is COCC(CNCC1(O)CCCC1)OC. The van der Waals surface area contributed by atoms with E-state index in [1.54, 1.807) is 14.2 Å². The lowest BCUT2D eigenvalue weighted by Crippen LogP contribution is -2.42. The molecule has 4 heteroatoms. The summed E-state index contributed by atoms with van der Waals surface area (Å²) < 4.78 is 10.2. The van der Waals surface area contributed by atoms with Crippen molar-refractivity contribution in [3.05, 3.63) is 0 Å². The molecule has 2 N–H and O–H groups in total. The predicted octanol–water partition coefficient (Wildman–Crippen LogP) is 0.542. The van der Waals surface area contributed by atoms with Crippen molar-refractivity contribution in [1.29, 1.82) is 0 Å². The first-order valence-corrected chi connectivity index (χ1v) is 5.65. The molecule has 0 amide bonds. The number of methoxy groups -OCH3 is 2. The molecule has 1 unspecified atom stereocenters. The van der Waals surface area contributed by atoms with Crippen LogP contribution in [0.25, 0.3) is 0 Å². The molecule has 0 spiro atoms. The van der Waals surface area contributed by atoms with Crippen LogP contribution in [-0.2, 0) is 9.47 Å². The Balaban J connectivity index is 2.13. The summed E-state index contributed by atoms with van der Waals surface area (Å²) in [6.07, 6.45) is 4.19. The second-order valence-electron chi connectivity index (χ2n) is 4.38. The van der Waals surface area contributed by atoms with Gasteiger partial charge in [-0.2, -0.15) is 0 Å². The van der Waals surface area contributed by atoms with Gasteiger partial charge in [0, 0.05) is 27.3 Å². The Bertz CT molecular complexity index is 169. The minimum absolute atomic E-state index is 0.0694. The number of hydrogen-bond donors (Lipinski definition) is 2. The molecule has 0 heterocycles. The van der Waals surface area contributed by atoms with E-state index in [0.717, 1.165) is 32.2 Å². The summed E-state index contributed by atoms with van der Waals surface area (Å²) in [6, 6.07) is 0. The highest BCUT2D eigenvalue weighted by atomic mass is 16.5. The summed E-state index contributed by atoms with van der Waals surface area (Å²) in [6.45, 7) is 1.98. The summed E-state index contributed by atoms with van der Waals surface area (Å²) in [7, 11) is 3.34. The first kappa shape index (κ1) is 12.9. The topological polar surface area (TPSA) is 50.7 Å². The van der Waals surface area contributed by atoms with Gasteiger partial charge in [0.25, 0.3) is 0 Å². The van der Waals surface area contributed by atoms with E-state index in [4.69, 9.17) is 9.47 Å². The molecule has 1 rings (SSSR count). The molecule has 4 nitrogen and oxygen atoms in total. The normalized spacial score (nSPS) is 21.8. The van der Waals surface area contributed by atoms with E-state index in [1.165, 1.54) is 0 Å².